The van der Waals surface area contributed by atoms with Crippen LogP contribution in [0.5, 0.6) is 17.2 Å². The largest absolute Gasteiger partial charge is 0.489 e. The molecule has 3 unspecified atom stereocenters. The van der Waals surface area contributed by atoms with Crippen molar-refractivity contribution in [2.45, 2.75) is 87.4 Å². The Morgan fingerprint density at radius 3 is 2.30 bits per heavy atom. The molecular weight excluding hydrogens is 958 g/mol. The second-order valence-corrected chi connectivity index (χ2v) is 21.5. The van der Waals surface area contributed by atoms with Gasteiger partial charge in [-0.1, -0.05) is 108 Å². The Hall–Kier alpha value is -6.15. The topological polar surface area (TPSA) is 180 Å². The van der Waals surface area contributed by atoms with Gasteiger partial charge in [0.1, 0.15) is 31.0 Å². The summed E-state index contributed by atoms with van der Waals surface area (Å²) in [5, 5.41) is 27.1. The molecule has 0 radical (unpaired) electrons. The molecule has 9 rings (SSSR count). The van der Waals surface area contributed by atoms with Crippen molar-refractivity contribution in [2.24, 2.45) is 5.92 Å². The van der Waals surface area contributed by atoms with E-state index in [0.29, 0.717) is 79.4 Å². The zero-order valence-electron chi connectivity index (χ0n) is 37.6. The molecule has 3 N–H and O–H groups in total. The molecule has 0 saturated heterocycles. The average Bonchev–Trinajstić information content (AvgIpc) is 3.76. The monoisotopic (exact) mass is 1010 g/mol. The number of halogens is 2. The van der Waals surface area contributed by atoms with Crippen LogP contribution >= 0.6 is 34.5 Å². The van der Waals surface area contributed by atoms with Gasteiger partial charge in [0.2, 0.25) is 5.91 Å². The number of aliphatic carboxylic acids is 1. The Labute approximate surface area is 415 Å². The molecule has 17 heteroatoms. The van der Waals surface area contributed by atoms with Crippen LogP contribution in [0.25, 0.3) is 11.1 Å². The number of hydrogen-bond donors (Lipinski definition) is 3. The first kappa shape index (κ1) is 47.9. The molecule has 1 amide bonds. The number of nitriles is 1. The van der Waals surface area contributed by atoms with Crippen LogP contribution < -0.4 is 24.8 Å². The molecule has 69 heavy (non-hydrogen) atoms. The van der Waals surface area contributed by atoms with Gasteiger partial charge in [-0.05, 0) is 120 Å². The Morgan fingerprint density at radius 2 is 1.61 bits per heavy atom. The second kappa shape index (κ2) is 20.8. The highest BCUT2D eigenvalue weighted by Crippen LogP contribution is 2.43. The van der Waals surface area contributed by atoms with Crippen molar-refractivity contribution < 1.29 is 37.3 Å². The third-order valence-corrected chi connectivity index (χ3v) is 17.2. The van der Waals surface area contributed by atoms with E-state index < -0.39 is 40.1 Å². The Balaban J connectivity index is 0.948. The highest BCUT2D eigenvalue weighted by Gasteiger charge is 2.43. The van der Waals surface area contributed by atoms with E-state index in [-0.39, 0.29) is 30.2 Å². The number of thiazole rings is 1. The zero-order chi connectivity index (χ0) is 48.2. The number of nitrogens with zero attached hydrogens (tertiary/aromatic N) is 3. The minimum absolute atomic E-state index is 0.00836. The lowest BCUT2D eigenvalue weighted by Gasteiger charge is -2.36. The maximum atomic E-state index is 14.9. The van der Waals surface area contributed by atoms with E-state index >= 15 is 0 Å². The summed E-state index contributed by atoms with van der Waals surface area (Å²) < 4.78 is 49.8. The van der Waals surface area contributed by atoms with Crippen molar-refractivity contribution in [1.29, 1.82) is 5.26 Å². The molecule has 3 aliphatic rings. The minimum atomic E-state index is -4.38. The molecule has 3 heterocycles. The predicted octanol–water partition coefficient (Wildman–Crippen LogP) is 10.3. The van der Waals surface area contributed by atoms with E-state index in [1.807, 2.05) is 54.6 Å². The van der Waals surface area contributed by atoms with E-state index in [1.165, 1.54) is 19.3 Å². The summed E-state index contributed by atoms with van der Waals surface area (Å²) in [5.74, 6) is -0.0246. The maximum absolute atomic E-state index is 14.9. The molecule has 0 bridgehead atoms. The van der Waals surface area contributed by atoms with Gasteiger partial charge in [-0.15, -0.1) is 0 Å². The number of fused-ring (bicyclic) bond motifs is 2. The molecule has 1 saturated carbocycles. The normalized spacial score (nSPS) is 17.5. The number of carboxylic acid groups (broad SMARTS) is 1. The Morgan fingerprint density at radius 1 is 0.913 bits per heavy atom. The molecule has 1 aliphatic carbocycles. The number of carbonyl (C=O) groups is 2. The lowest BCUT2D eigenvalue weighted by atomic mass is 9.89. The smallest absolute Gasteiger partial charge is 0.326 e. The predicted molar refractivity (Wildman–Crippen MR) is 265 cm³/mol. The van der Waals surface area contributed by atoms with Crippen LogP contribution in [0.1, 0.15) is 77.3 Å². The number of hydrogen-bond acceptors (Lipinski definition) is 11. The van der Waals surface area contributed by atoms with Gasteiger partial charge < -0.3 is 30.0 Å². The van der Waals surface area contributed by atoms with Crippen molar-refractivity contribution in [3.05, 3.63) is 152 Å². The molecular formula is C52H49Cl2N5O8S2. The molecule has 356 valence electrons. The van der Waals surface area contributed by atoms with Gasteiger partial charge in [-0.2, -0.15) is 9.57 Å². The molecule has 3 atom stereocenters. The lowest BCUT2D eigenvalue weighted by Crippen LogP contribution is -2.55. The van der Waals surface area contributed by atoms with Crippen LogP contribution in [-0.2, 0) is 45.6 Å². The van der Waals surface area contributed by atoms with Crippen molar-refractivity contribution in [3.8, 4) is 34.4 Å². The van der Waals surface area contributed by atoms with Crippen molar-refractivity contribution in [3.63, 3.8) is 0 Å². The number of sulfonamides is 1. The van der Waals surface area contributed by atoms with E-state index in [4.69, 9.17) is 37.4 Å². The van der Waals surface area contributed by atoms with Gasteiger partial charge in [0.25, 0.3) is 10.0 Å². The summed E-state index contributed by atoms with van der Waals surface area (Å²) in [7, 11) is -4.38. The minimum Gasteiger partial charge on any atom is -0.489 e. The van der Waals surface area contributed by atoms with Gasteiger partial charge in [0.15, 0.2) is 26.9 Å². The second-order valence-electron chi connectivity index (χ2n) is 17.6. The number of amides is 1. The molecule has 13 nitrogen and oxygen atoms in total. The van der Waals surface area contributed by atoms with Gasteiger partial charge in [0, 0.05) is 19.5 Å². The standard InChI is InChI=1S/C52H49Cl2N5O8S2/c1-31-51(68-52(57-31)56-27-34-5-3-2-4-6-34)69(63,64)59-28-40-25-47-46(66-30-48(67-47)38-16-18-41(19-17-38)65-29-35-11-20-42(53)43(54)21-35)24-39(40)23-45(59)49(60)58-44(50(61)62)22-32-7-12-36(13-8-32)37-14-9-33(26-55)10-15-37/h7-21,24-25,34,44-45,48H,2-6,22-23,27-30H2,1H3,(H,56,57)(H,58,60)(H,61,62). The van der Waals surface area contributed by atoms with Crippen molar-refractivity contribution in [1.82, 2.24) is 14.6 Å². The van der Waals surface area contributed by atoms with E-state index in [0.717, 1.165) is 50.7 Å². The number of carboxylic acids is 1. The number of nitrogens with one attached hydrogen (secondary N) is 2. The summed E-state index contributed by atoms with van der Waals surface area (Å²) in [5.41, 5.74) is 6.25. The highest BCUT2D eigenvalue weighted by atomic mass is 35.5. The van der Waals surface area contributed by atoms with Crippen LogP contribution in [0.4, 0.5) is 5.13 Å². The molecule has 2 aliphatic heterocycles. The van der Waals surface area contributed by atoms with Gasteiger partial charge in [-0.25, -0.2) is 18.2 Å². The quantitative estimate of drug-likeness (QED) is 0.0891. The molecule has 6 aromatic rings. The highest BCUT2D eigenvalue weighted by molar-refractivity contribution is 7.91. The van der Waals surface area contributed by atoms with Gasteiger partial charge >= 0.3 is 5.97 Å². The summed E-state index contributed by atoms with van der Waals surface area (Å²) in [4.78, 5) is 31.9. The Bertz CT molecular complexity index is 3010. The number of carbonyl (C=O) groups excluding carboxylic acids is 1. The van der Waals surface area contributed by atoms with Crippen molar-refractivity contribution >= 4 is 61.6 Å². The number of rotatable bonds is 15. The molecule has 5 aromatic carbocycles. The summed E-state index contributed by atoms with van der Waals surface area (Å²) >= 11 is 13.3. The van der Waals surface area contributed by atoms with Crippen LogP contribution in [-0.4, -0.2) is 59.9 Å². The van der Waals surface area contributed by atoms with E-state index in [9.17, 15) is 28.4 Å². The first-order chi connectivity index (χ1) is 33.3. The third-order valence-electron chi connectivity index (χ3n) is 12.9. The van der Waals surface area contributed by atoms with Crippen LogP contribution in [0.3, 0.4) is 0 Å². The fourth-order valence-corrected chi connectivity index (χ4v) is 12.5. The fraction of sp³-hybridized carbons (Fsp3) is 0.308. The molecule has 1 aromatic heterocycles. The number of aromatic nitrogens is 1. The first-order valence-electron chi connectivity index (χ1n) is 22.8. The SMILES string of the molecule is Cc1nc(NCC2CCCCC2)sc1S(=O)(=O)N1Cc2cc3c(cc2CC1C(=O)NC(Cc1ccc(-c2ccc(C#N)cc2)cc1)C(=O)O)OCC(c1ccc(OCc2ccc(Cl)c(Cl)c2)cc1)O3. The summed E-state index contributed by atoms with van der Waals surface area (Å²) in [6.45, 7) is 2.63. The van der Waals surface area contributed by atoms with Crippen LogP contribution in [0, 0.1) is 24.2 Å². The third kappa shape index (κ3) is 11.0. The number of benzene rings is 5. The summed E-state index contributed by atoms with van der Waals surface area (Å²) in [6.07, 6.45) is 5.19. The van der Waals surface area contributed by atoms with E-state index in [2.05, 4.69) is 21.7 Å². The first-order valence-corrected chi connectivity index (χ1v) is 25.8. The number of ether oxygens (including phenoxy) is 3. The average molecular weight is 1010 g/mol. The summed E-state index contributed by atoms with van der Waals surface area (Å²) in [6, 6.07) is 30.2. The van der Waals surface area contributed by atoms with Crippen LogP contribution in [0.2, 0.25) is 10.0 Å². The fourth-order valence-electron chi connectivity index (χ4n) is 9.04. The van der Waals surface area contributed by atoms with E-state index in [1.54, 1.807) is 55.5 Å². The lowest BCUT2D eigenvalue weighted by molar-refractivity contribution is -0.142. The van der Waals surface area contributed by atoms with Gasteiger partial charge in [-0.3, -0.25) is 4.79 Å². The van der Waals surface area contributed by atoms with Crippen molar-refractivity contribution in [2.75, 3.05) is 18.5 Å². The zero-order valence-corrected chi connectivity index (χ0v) is 40.8. The van der Waals surface area contributed by atoms with Gasteiger partial charge in [0.05, 0.1) is 27.4 Å². The Kier molecular flexibility index (Phi) is 14.5. The number of anilines is 1. The maximum Gasteiger partial charge on any atom is 0.326 e. The van der Waals surface area contributed by atoms with Crippen LogP contribution in [0.15, 0.2) is 107 Å². The number of aryl methyl sites for hydroxylation is 1. The molecule has 0 spiro atoms. The molecule has 1 fully saturated rings.